The van der Waals surface area contributed by atoms with Crippen molar-refractivity contribution in [1.82, 2.24) is 0 Å². The summed E-state index contributed by atoms with van der Waals surface area (Å²) in [6, 6.07) is 10.6. The molecule has 4 heteroatoms. The number of carbonyl (C=O) groups is 1. The highest BCUT2D eigenvalue weighted by Crippen LogP contribution is 2.31. The number of aromatic carboxylic acids is 1. The first-order chi connectivity index (χ1) is 11.6. The van der Waals surface area contributed by atoms with Crippen molar-refractivity contribution in [3.63, 3.8) is 0 Å². The molecule has 126 valence electrons. The lowest BCUT2D eigenvalue weighted by Gasteiger charge is -2.13. The van der Waals surface area contributed by atoms with E-state index in [0.29, 0.717) is 0 Å². The van der Waals surface area contributed by atoms with E-state index >= 15 is 0 Å². The highest BCUT2D eigenvalue weighted by Gasteiger charge is 2.10. The molecule has 0 unspecified atom stereocenters. The number of carboxylic acid groups (broad SMARTS) is 1. The van der Waals surface area contributed by atoms with Gasteiger partial charge in [-0.3, -0.25) is 0 Å². The van der Waals surface area contributed by atoms with Crippen molar-refractivity contribution < 1.29 is 19.4 Å². The number of rotatable bonds is 7. The third-order valence-corrected chi connectivity index (χ3v) is 3.79. The van der Waals surface area contributed by atoms with Gasteiger partial charge in [0.05, 0.1) is 19.8 Å². The maximum atomic E-state index is 10.9. The van der Waals surface area contributed by atoms with Crippen LogP contribution in [0.3, 0.4) is 0 Å². The molecule has 0 radical (unpaired) electrons. The molecule has 0 aliphatic heterocycles. The highest BCUT2D eigenvalue weighted by molar-refractivity contribution is 5.88. The van der Waals surface area contributed by atoms with Crippen LogP contribution in [-0.4, -0.2) is 25.3 Å². The molecule has 0 heterocycles. The molecule has 4 nitrogen and oxygen atoms in total. The minimum Gasteiger partial charge on any atom is -0.497 e. The fourth-order valence-corrected chi connectivity index (χ4v) is 2.53. The third-order valence-electron chi connectivity index (χ3n) is 3.79. The van der Waals surface area contributed by atoms with Crippen molar-refractivity contribution in [2.75, 3.05) is 14.2 Å². The molecule has 0 bridgehead atoms. The molecular formula is C20H22O4. The van der Waals surface area contributed by atoms with Gasteiger partial charge in [0.15, 0.2) is 0 Å². The minimum atomic E-state index is -0.923. The Morgan fingerprint density at radius 1 is 1.08 bits per heavy atom. The molecule has 0 aliphatic rings. The number of hydrogen-bond acceptors (Lipinski definition) is 3. The van der Waals surface area contributed by atoms with Crippen molar-refractivity contribution in [3.8, 4) is 11.5 Å². The standard InChI is InChI=1S/C20H22O4/c1-4-5-18-16(12-17(23-2)13-19(18)24-3)11-8-14-6-9-15(10-7-14)20(21)22/h6-13H,4-5H2,1-3H3,(H,21,22). The number of carboxylic acids is 1. The second-order valence-electron chi connectivity index (χ2n) is 5.41. The van der Waals surface area contributed by atoms with Gasteiger partial charge in [-0.05, 0) is 35.7 Å². The Bertz CT molecular complexity index is 730. The average molecular weight is 326 g/mol. The van der Waals surface area contributed by atoms with Crippen LogP contribution in [0.25, 0.3) is 12.2 Å². The second-order valence-corrected chi connectivity index (χ2v) is 5.41. The summed E-state index contributed by atoms with van der Waals surface area (Å²) in [4.78, 5) is 10.9. The first-order valence-corrected chi connectivity index (χ1v) is 7.85. The summed E-state index contributed by atoms with van der Waals surface area (Å²) in [5, 5.41) is 8.95. The summed E-state index contributed by atoms with van der Waals surface area (Å²) in [6.45, 7) is 2.13. The first kappa shape index (κ1) is 17.6. The van der Waals surface area contributed by atoms with Crippen LogP contribution in [0, 0.1) is 0 Å². The predicted molar refractivity (Wildman–Crippen MR) is 95.9 cm³/mol. The topological polar surface area (TPSA) is 55.8 Å². The van der Waals surface area contributed by atoms with Crippen LogP contribution in [0.4, 0.5) is 0 Å². The largest absolute Gasteiger partial charge is 0.497 e. The summed E-state index contributed by atoms with van der Waals surface area (Å²) in [7, 11) is 3.29. The number of benzene rings is 2. The smallest absolute Gasteiger partial charge is 0.335 e. The molecule has 0 amide bonds. The minimum absolute atomic E-state index is 0.280. The van der Waals surface area contributed by atoms with Gasteiger partial charge in [-0.15, -0.1) is 0 Å². The lowest BCUT2D eigenvalue weighted by Crippen LogP contribution is -1.97. The fraction of sp³-hybridized carbons (Fsp3) is 0.250. The lowest BCUT2D eigenvalue weighted by molar-refractivity contribution is 0.0697. The Balaban J connectivity index is 2.37. The molecule has 2 rings (SSSR count). The zero-order chi connectivity index (χ0) is 17.5. The van der Waals surface area contributed by atoms with Gasteiger partial charge < -0.3 is 14.6 Å². The maximum absolute atomic E-state index is 10.9. The molecule has 1 N–H and O–H groups in total. The molecule has 0 aromatic heterocycles. The Kier molecular flexibility index (Phi) is 6.01. The van der Waals surface area contributed by atoms with Crippen molar-refractivity contribution in [3.05, 3.63) is 58.7 Å². The summed E-state index contributed by atoms with van der Waals surface area (Å²) >= 11 is 0. The van der Waals surface area contributed by atoms with Crippen LogP contribution in [0.5, 0.6) is 11.5 Å². The zero-order valence-corrected chi connectivity index (χ0v) is 14.2. The van der Waals surface area contributed by atoms with E-state index in [2.05, 4.69) is 6.92 Å². The molecule has 24 heavy (non-hydrogen) atoms. The van der Waals surface area contributed by atoms with Crippen LogP contribution in [0.2, 0.25) is 0 Å². The Hall–Kier alpha value is -2.75. The van der Waals surface area contributed by atoms with Crippen molar-refractivity contribution in [1.29, 1.82) is 0 Å². The molecule has 0 saturated carbocycles. The normalized spacial score (nSPS) is 10.8. The van der Waals surface area contributed by atoms with E-state index in [1.165, 1.54) is 0 Å². The van der Waals surface area contributed by atoms with Gasteiger partial charge in [0.2, 0.25) is 0 Å². The number of methoxy groups -OCH3 is 2. The monoisotopic (exact) mass is 326 g/mol. The fourth-order valence-electron chi connectivity index (χ4n) is 2.53. The summed E-state index contributed by atoms with van der Waals surface area (Å²) in [6.07, 6.45) is 5.88. The Labute approximate surface area is 142 Å². The summed E-state index contributed by atoms with van der Waals surface area (Å²) in [5.41, 5.74) is 3.39. The van der Waals surface area contributed by atoms with E-state index in [1.807, 2.05) is 24.3 Å². The van der Waals surface area contributed by atoms with Gasteiger partial charge in [0, 0.05) is 11.6 Å². The Morgan fingerprint density at radius 2 is 1.79 bits per heavy atom. The van der Waals surface area contributed by atoms with E-state index in [-0.39, 0.29) is 5.56 Å². The second kappa shape index (κ2) is 8.20. The van der Waals surface area contributed by atoms with E-state index in [0.717, 1.165) is 41.0 Å². The van der Waals surface area contributed by atoms with E-state index in [4.69, 9.17) is 14.6 Å². The molecule has 2 aromatic rings. The molecule has 0 aliphatic carbocycles. The third kappa shape index (κ3) is 4.16. The van der Waals surface area contributed by atoms with Gasteiger partial charge in [0.1, 0.15) is 11.5 Å². The van der Waals surface area contributed by atoms with E-state index in [9.17, 15) is 4.79 Å². The zero-order valence-electron chi connectivity index (χ0n) is 14.2. The molecule has 0 spiro atoms. The van der Waals surface area contributed by atoms with Crippen molar-refractivity contribution >= 4 is 18.1 Å². The number of hydrogen-bond donors (Lipinski definition) is 1. The molecular weight excluding hydrogens is 304 g/mol. The van der Waals surface area contributed by atoms with E-state index in [1.54, 1.807) is 38.5 Å². The van der Waals surface area contributed by atoms with Crippen LogP contribution in [0.1, 0.15) is 40.4 Å². The number of ether oxygens (including phenoxy) is 2. The maximum Gasteiger partial charge on any atom is 0.335 e. The predicted octanol–water partition coefficient (Wildman–Crippen LogP) is 4.52. The highest BCUT2D eigenvalue weighted by atomic mass is 16.5. The average Bonchev–Trinajstić information content (AvgIpc) is 2.61. The van der Waals surface area contributed by atoms with Gasteiger partial charge in [-0.1, -0.05) is 37.6 Å². The van der Waals surface area contributed by atoms with Crippen molar-refractivity contribution in [2.24, 2.45) is 0 Å². The summed E-state index contributed by atoms with van der Waals surface area (Å²) < 4.78 is 10.8. The van der Waals surface area contributed by atoms with Gasteiger partial charge in [0.25, 0.3) is 0 Å². The van der Waals surface area contributed by atoms with Crippen LogP contribution in [-0.2, 0) is 6.42 Å². The lowest BCUT2D eigenvalue weighted by atomic mass is 10.00. The molecule has 0 saturated heterocycles. The molecule has 0 fully saturated rings. The van der Waals surface area contributed by atoms with Crippen molar-refractivity contribution in [2.45, 2.75) is 19.8 Å². The molecule has 2 aromatic carbocycles. The SMILES string of the molecule is CCCc1c(C=Cc2ccc(C(=O)O)cc2)cc(OC)cc1OC. The van der Waals surface area contributed by atoms with E-state index < -0.39 is 5.97 Å². The van der Waals surface area contributed by atoms with Crippen LogP contribution >= 0.6 is 0 Å². The Morgan fingerprint density at radius 3 is 2.33 bits per heavy atom. The van der Waals surface area contributed by atoms with Crippen LogP contribution in [0.15, 0.2) is 36.4 Å². The van der Waals surface area contributed by atoms with Gasteiger partial charge >= 0.3 is 5.97 Å². The quantitative estimate of drug-likeness (QED) is 0.760. The van der Waals surface area contributed by atoms with Gasteiger partial charge in [-0.25, -0.2) is 4.79 Å². The first-order valence-electron chi connectivity index (χ1n) is 7.85. The summed E-state index contributed by atoms with van der Waals surface area (Å²) in [5.74, 6) is 0.637. The molecule has 0 atom stereocenters. The van der Waals surface area contributed by atoms with Crippen LogP contribution < -0.4 is 9.47 Å². The van der Waals surface area contributed by atoms with Gasteiger partial charge in [-0.2, -0.15) is 0 Å².